The van der Waals surface area contributed by atoms with Crippen molar-refractivity contribution >= 4 is 27.3 Å². The van der Waals surface area contributed by atoms with Crippen molar-refractivity contribution in [3.05, 3.63) is 114 Å². The highest BCUT2D eigenvalue weighted by Gasteiger charge is 2.28. The van der Waals surface area contributed by atoms with Gasteiger partial charge >= 0.3 is 0 Å². The van der Waals surface area contributed by atoms with Crippen molar-refractivity contribution in [2.45, 2.75) is 17.7 Å². The van der Waals surface area contributed by atoms with Gasteiger partial charge in [-0.25, -0.2) is 8.42 Å². The molecular weight excluding hydrogens is 460 g/mol. The second kappa shape index (κ2) is 9.64. The number of rotatable bonds is 6. The maximum Gasteiger partial charge on any atom is 0.264 e. The van der Waals surface area contributed by atoms with Crippen molar-refractivity contribution in [3.63, 3.8) is 0 Å². The molecule has 6 nitrogen and oxygen atoms in total. The smallest absolute Gasteiger partial charge is 0.264 e. The number of para-hydroxylation sites is 3. The molecule has 1 aliphatic rings. The third-order valence-electron chi connectivity index (χ3n) is 5.87. The number of carbonyl (C=O) groups excluding carboxylic acids is 1. The molecule has 1 N–H and O–H groups in total. The molecule has 4 aromatic rings. The Balaban J connectivity index is 1.34. The number of ether oxygens (including phenoxy) is 1. The maximum atomic E-state index is 13.3. The average molecular weight is 485 g/mol. The molecule has 35 heavy (non-hydrogen) atoms. The normalized spacial score (nSPS) is 13.1. The largest absolute Gasteiger partial charge is 0.457 e. The summed E-state index contributed by atoms with van der Waals surface area (Å²) >= 11 is 0. The highest BCUT2D eigenvalue weighted by atomic mass is 32.2. The molecule has 0 atom stereocenters. The molecule has 1 heterocycles. The summed E-state index contributed by atoms with van der Waals surface area (Å²) in [6.45, 7) is 0.441. The summed E-state index contributed by atoms with van der Waals surface area (Å²) in [4.78, 5) is 13.2. The van der Waals surface area contributed by atoms with Crippen LogP contribution in [0.4, 0.5) is 11.4 Å². The lowest BCUT2D eigenvalue weighted by Crippen LogP contribution is -2.35. The Morgan fingerprint density at radius 2 is 1.49 bits per heavy atom. The van der Waals surface area contributed by atoms with Gasteiger partial charge in [-0.15, -0.1) is 0 Å². The summed E-state index contributed by atoms with van der Waals surface area (Å²) < 4.78 is 34.0. The van der Waals surface area contributed by atoms with Crippen LogP contribution in [0, 0.1) is 0 Å². The number of sulfonamides is 1. The monoisotopic (exact) mass is 484 g/mol. The molecule has 0 aromatic heterocycles. The molecule has 7 heteroatoms. The topological polar surface area (TPSA) is 75.7 Å². The van der Waals surface area contributed by atoms with E-state index in [1.807, 2.05) is 54.6 Å². The number of amides is 1. The first-order chi connectivity index (χ1) is 17.0. The van der Waals surface area contributed by atoms with E-state index in [9.17, 15) is 13.2 Å². The quantitative estimate of drug-likeness (QED) is 0.371. The number of anilines is 2. The SMILES string of the molecule is O=C(Nc1ccc(S(=O)(=O)N2CCCc3ccccc32)cc1)c1ccccc1Oc1ccccc1. The molecule has 0 spiro atoms. The molecule has 0 bridgehead atoms. The Hall–Kier alpha value is -4.10. The summed E-state index contributed by atoms with van der Waals surface area (Å²) in [5.41, 5.74) is 2.62. The van der Waals surface area contributed by atoms with Crippen LogP contribution in [0.2, 0.25) is 0 Å². The third kappa shape index (κ3) is 4.76. The van der Waals surface area contributed by atoms with E-state index in [0.717, 1.165) is 24.1 Å². The molecule has 0 saturated carbocycles. The molecule has 4 aromatic carbocycles. The Morgan fingerprint density at radius 1 is 0.800 bits per heavy atom. The second-order valence-corrected chi connectivity index (χ2v) is 10.1. The lowest BCUT2D eigenvalue weighted by Gasteiger charge is -2.30. The standard InChI is InChI=1S/C28H24N2O4S/c31-28(25-13-5-7-15-27(25)34-23-11-2-1-3-12-23)29-22-16-18-24(19-17-22)35(32,33)30-20-8-10-21-9-4-6-14-26(21)30/h1-7,9,11-19H,8,10,20H2,(H,29,31). The summed E-state index contributed by atoms with van der Waals surface area (Å²) in [7, 11) is -3.71. The van der Waals surface area contributed by atoms with Gasteiger partial charge in [0.15, 0.2) is 0 Å². The molecule has 0 aliphatic carbocycles. The third-order valence-corrected chi connectivity index (χ3v) is 7.70. The van der Waals surface area contributed by atoms with Crippen molar-refractivity contribution < 1.29 is 17.9 Å². The first kappa shape index (κ1) is 22.7. The van der Waals surface area contributed by atoms with Gasteiger partial charge in [-0.05, 0) is 73.0 Å². The van der Waals surface area contributed by atoms with E-state index in [-0.39, 0.29) is 10.8 Å². The Morgan fingerprint density at radius 3 is 2.29 bits per heavy atom. The van der Waals surface area contributed by atoms with Crippen LogP contribution in [0.3, 0.4) is 0 Å². The van der Waals surface area contributed by atoms with E-state index in [0.29, 0.717) is 29.3 Å². The van der Waals surface area contributed by atoms with Gasteiger partial charge in [-0.1, -0.05) is 48.5 Å². The van der Waals surface area contributed by atoms with Crippen LogP contribution in [0.5, 0.6) is 11.5 Å². The predicted molar refractivity (Wildman–Crippen MR) is 137 cm³/mol. The fourth-order valence-electron chi connectivity index (χ4n) is 4.14. The van der Waals surface area contributed by atoms with E-state index in [1.165, 1.54) is 16.4 Å². The summed E-state index contributed by atoms with van der Waals surface area (Å²) in [6.07, 6.45) is 1.64. The number of hydrogen-bond donors (Lipinski definition) is 1. The first-order valence-electron chi connectivity index (χ1n) is 11.4. The van der Waals surface area contributed by atoms with E-state index in [2.05, 4.69) is 5.32 Å². The van der Waals surface area contributed by atoms with Crippen molar-refractivity contribution in [1.82, 2.24) is 0 Å². The van der Waals surface area contributed by atoms with Crippen molar-refractivity contribution in [1.29, 1.82) is 0 Å². The van der Waals surface area contributed by atoms with E-state index >= 15 is 0 Å². The molecule has 5 rings (SSSR count). The van der Waals surface area contributed by atoms with Crippen molar-refractivity contribution in [2.24, 2.45) is 0 Å². The summed E-state index contributed by atoms with van der Waals surface area (Å²) in [6, 6.07) is 30.0. The zero-order valence-corrected chi connectivity index (χ0v) is 19.7. The van der Waals surface area contributed by atoms with Crippen LogP contribution in [0.15, 0.2) is 108 Å². The van der Waals surface area contributed by atoms with Gasteiger partial charge in [-0.3, -0.25) is 9.10 Å². The van der Waals surface area contributed by atoms with Crippen LogP contribution in [0.25, 0.3) is 0 Å². The fourth-order valence-corrected chi connectivity index (χ4v) is 5.68. The summed E-state index contributed by atoms with van der Waals surface area (Å²) in [5, 5.41) is 2.83. The van der Waals surface area contributed by atoms with Gasteiger partial charge in [0, 0.05) is 12.2 Å². The summed E-state index contributed by atoms with van der Waals surface area (Å²) in [5.74, 6) is 0.706. The Labute approximate surface area is 204 Å². The average Bonchev–Trinajstić information content (AvgIpc) is 2.89. The number of carbonyl (C=O) groups is 1. The number of benzene rings is 4. The second-order valence-electron chi connectivity index (χ2n) is 8.20. The van der Waals surface area contributed by atoms with Gasteiger partial charge < -0.3 is 10.1 Å². The zero-order chi connectivity index (χ0) is 24.3. The van der Waals surface area contributed by atoms with E-state index in [4.69, 9.17) is 4.74 Å². The minimum atomic E-state index is -3.71. The van der Waals surface area contributed by atoms with Crippen molar-refractivity contribution in [2.75, 3.05) is 16.2 Å². The fraction of sp³-hybridized carbons (Fsp3) is 0.107. The molecule has 0 saturated heterocycles. The zero-order valence-electron chi connectivity index (χ0n) is 18.9. The van der Waals surface area contributed by atoms with E-state index < -0.39 is 10.0 Å². The minimum Gasteiger partial charge on any atom is -0.457 e. The molecular formula is C28H24N2O4S. The highest BCUT2D eigenvalue weighted by molar-refractivity contribution is 7.92. The number of nitrogens with one attached hydrogen (secondary N) is 1. The molecule has 0 radical (unpaired) electrons. The lowest BCUT2D eigenvalue weighted by molar-refractivity contribution is 0.102. The van der Waals surface area contributed by atoms with Crippen LogP contribution in [-0.2, 0) is 16.4 Å². The van der Waals surface area contributed by atoms with Gasteiger partial charge in [0.25, 0.3) is 15.9 Å². The van der Waals surface area contributed by atoms with Gasteiger partial charge in [0.1, 0.15) is 11.5 Å². The first-order valence-corrected chi connectivity index (χ1v) is 12.8. The van der Waals surface area contributed by atoms with Crippen LogP contribution < -0.4 is 14.4 Å². The van der Waals surface area contributed by atoms with Crippen LogP contribution in [0.1, 0.15) is 22.3 Å². The minimum absolute atomic E-state index is 0.181. The van der Waals surface area contributed by atoms with Crippen molar-refractivity contribution in [3.8, 4) is 11.5 Å². The molecule has 0 unspecified atom stereocenters. The highest BCUT2D eigenvalue weighted by Crippen LogP contribution is 2.32. The molecule has 1 amide bonds. The number of nitrogens with zero attached hydrogens (tertiary/aromatic N) is 1. The van der Waals surface area contributed by atoms with Crippen LogP contribution in [-0.4, -0.2) is 20.9 Å². The van der Waals surface area contributed by atoms with Gasteiger partial charge in [0.2, 0.25) is 0 Å². The lowest BCUT2D eigenvalue weighted by atomic mass is 10.0. The van der Waals surface area contributed by atoms with E-state index in [1.54, 1.807) is 36.4 Å². The molecule has 0 fully saturated rings. The maximum absolute atomic E-state index is 13.3. The number of hydrogen-bond acceptors (Lipinski definition) is 4. The predicted octanol–water partition coefficient (Wildman–Crippen LogP) is 5.87. The van der Waals surface area contributed by atoms with Gasteiger partial charge in [0.05, 0.1) is 16.1 Å². The molecule has 176 valence electrons. The number of aryl methyl sites for hydroxylation is 1. The Kier molecular flexibility index (Phi) is 6.25. The molecule has 1 aliphatic heterocycles. The number of fused-ring (bicyclic) bond motifs is 1. The Bertz CT molecular complexity index is 1450. The van der Waals surface area contributed by atoms with Gasteiger partial charge in [-0.2, -0.15) is 0 Å². The van der Waals surface area contributed by atoms with Crippen LogP contribution >= 0.6 is 0 Å².